The van der Waals surface area contributed by atoms with Crippen LogP contribution in [-0.4, -0.2) is 6.16 Å². The molecule has 0 heterocycles. The van der Waals surface area contributed by atoms with E-state index in [-0.39, 0.29) is 0 Å². The molecular weight excluding hydrogens is 468 g/mol. The fourth-order valence-electron chi connectivity index (χ4n) is 4.44. The van der Waals surface area contributed by atoms with Crippen LogP contribution in [0, 0.1) is 0 Å². The predicted octanol–water partition coefficient (Wildman–Crippen LogP) is 9.13. The number of benzene rings is 4. The van der Waals surface area contributed by atoms with Crippen molar-refractivity contribution in [2.75, 3.05) is 0 Å². The Morgan fingerprint density at radius 1 is 0.474 bits per heavy atom. The van der Waals surface area contributed by atoms with Crippen molar-refractivity contribution in [2.45, 2.75) is 65.2 Å². The van der Waals surface area contributed by atoms with E-state index in [4.69, 9.17) is 9.47 Å². The lowest BCUT2D eigenvalue weighted by atomic mass is 10.0. The highest BCUT2D eigenvalue weighted by Gasteiger charge is 2.09. The maximum absolute atomic E-state index is 12.3. The number of hydrogen-bond acceptors (Lipinski definition) is 3. The van der Waals surface area contributed by atoms with E-state index in [1.165, 1.54) is 59.1 Å². The zero-order valence-corrected chi connectivity index (χ0v) is 22.6. The normalized spacial score (nSPS) is 10.8. The minimum atomic E-state index is -0.740. The number of ether oxygens (including phenoxy) is 2. The van der Waals surface area contributed by atoms with Crippen LogP contribution in [0.4, 0.5) is 4.79 Å². The minimum Gasteiger partial charge on any atom is -0.395 e. The summed E-state index contributed by atoms with van der Waals surface area (Å²) in [4.78, 5) is 12.3. The molecule has 4 aromatic rings. The first-order valence-electron chi connectivity index (χ1n) is 13.8. The average molecular weight is 507 g/mol. The van der Waals surface area contributed by atoms with Crippen LogP contribution in [0.2, 0.25) is 0 Å². The van der Waals surface area contributed by atoms with E-state index in [1.54, 1.807) is 0 Å². The standard InChI is InChI=1S/C35H38O3/c1-3-5-7-27-9-13-29(14-10-27)25-31-17-21-33(22-18-31)37-35(36)38-34-23-19-32(20-24-34)26-30-15-11-28(12-16-30)8-6-4-2/h9-24H,3-8,25-26H2,1-2H3. The van der Waals surface area contributed by atoms with Crippen molar-refractivity contribution < 1.29 is 14.3 Å². The highest BCUT2D eigenvalue weighted by atomic mass is 16.7. The van der Waals surface area contributed by atoms with E-state index in [2.05, 4.69) is 62.4 Å². The summed E-state index contributed by atoms with van der Waals surface area (Å²) < 4.78 is 10.8. The molecule has 0 unspecified atom stereocenters. The third-order valence-corrected chi connectivity index (χ3v) is 6.75. The van der Waals surface area contributed by atoms with E-state index in [9.17, 15) is 4.79 Å². The summed E-state index contributed by atoms with van der Waals surface area (Å²) in [5.41, 5.74) is 7.65. The topological polar surface area (TPSA) is 35.5 Å². The molecule has 0 aliphatic carbocycles. The average Bonchev–Trinajstić information content (AvgIpc) is 2.94. The van der Waals surface area contributed by atoms with Crippen LogP contribution in [0.1, 0.15) is 72.9 Å². The van der Waals surface area contributed by atoms with Gasteiger partial charge in [0.2, 0.25) is 0 Å². The Morgan fingerprint density at radius 3 is 1.08 bits per heavy atom. The van der Waals surface area contributed by atoms with Gasteiger partial charge in [0.1, 0.15) is 11.5 Å². The Balaban J connectivity index is 1.24. The molecule has 0 aromatic heterocycles. The molecular formula is C35H38O3. The van der Waals surface area contributed by atoms with Gasteiger partial charge in [-0.25, -0.2) is 4.79 Å². The van der Waals surface area contributed by atoms with Crippen molar-refractivity contribution in [2.24, 2.45) is 0 Å². The molecule has 38 heavy (non-hydrogen) atoms. The lowest BCUT2D eigenvalue weighted by Gasteiger charge is -2.08. The molecule has 0 aliphatic rings. The van der Waals surface area contributed by atoms with Crippen molar-refractivity contribution in [3.63, 3.8) is 0 Å². The quantitative estimate of drug-likeness (QED) is 0.142. The Labute approximate surface area is 227 Å². The van der Waals surface area contributed by atoms with E-state index in [0.29, 0.717) is 11.5 Å². The van der Waals surface area contributed by atoms with Gasteiger partial charge >= 0.3 is 6.16 Å². The molecule has 3 nitrogen and oxygen atoms in total. The summed E-state index contributed by atoms with van der Waals surface area (Å²) in [5.74, 6) is 0.931. The largest absolute Gasteiger partial charge is 0.519 e. The molecule has 0 N–H and O–H groups in total. The number of rotatable bonds is 12. The van der Waals surface area contributed by atoms with Crippen LogP contribution in [-0.2, 0) is 25.7 Å². The number of carbonyl (C=O) groups is 1. The SMILES string of the molecule is CCCCc1ccc(Cc2ccc(OC(=O)Oc3ccc(Cc4ccc(CCCC)cc4)cc3)cc2)cc1. The number of unbranched alkanes of at least 4 members (excludes halogenated alkanes) is 2. The summed E-state index contributed by atoms with van der Waals surface area (Å²) in [6, 6.07) is 32.8. The molecule has 4 aromatic carbocycles. The van der Waals surface area contributed by atoms with Crippen molar-refractivity contribution in [1.82, 2.24) is 0 Å². The summed E-state index contributed by atoms with van der Waals surface area (Å²) in [5, 5.41) is 0. The second-order valence-corrected chi connectivity index (χ2v) is 9.94. The highest BCUT2D eigenvalue weighted by Crippen LogP contribution is 2.20. The number of carbonyl (C=O) groups excluding carboxylic acids is 1. The summed E-state index contributed by atoms with van der Waals surface area (Å²) in [7, 11) is 0. The van der Waals surface area contributed by atoms with Gasteiger partial charge in [-0.05, 0) is 96.2 Å². The van der Waals surface area contributed by atoms with Crippen LogP contribution < -0.4 is 9.47 Å². The molecule has 0 atom stereocenters. The van der Waals surface area contributed by atoms with E-state index in [1.807, 2.05) is 48.5 Å². The van der Waals surface area contributed by atoms with E-state index < -0.39 is 6.16 Å². The zero-order valence-electron chi connectivity index (χ0n) is 22.6. The molecule has 0 amide bonds. The Morgan fingerprint density at radius 2 is 0.763 bits per heavy atom. The predicted molar refractivity (Wildman–Crippen MR) is 155 cm³/mol. The number of hydrogen-bond donors (Lipinski definition) is 0. The summed E-state index contributed by atoms with van der Waals surface area (Å²) >= 11 is 0. The van der Waals surface area contributed by atoms with Crippen molar-refractivity contribution in [3.8, 4) is 11.5 Å². The number of aryl methyl sites for hydroxylation is 2. The first-order chi connectivity index (χ1) is 18.6. The van der Waals surface area contributed by atoms with Crippen LogP contribution in [0.5, 0.6) is 11.5 Å². The van der Waals surface area contributed by atoms with Gasteiger partial charge in [-0.1, -0.05) is 99.5 Å². The Kier molecular flexibility index (Phi) is 10.1. The van der Waals surface area contributed by atoms with Gasteiger partial charge in [0.05, 0.1) is 0 Å². The molecule has 0 saturated heterocycles. The van der Waals surface area contributed by atoms with E-state index in [0.717, 1.165) is 25.7 Å². The van der Waals surface area contributed by atoms with Crippen LogP contribution in [0.15, 0.2) is 97.1 Å². The van der Waals surface area contributed by atoms with Crippen LogP contribution in [0.3, 0.4) is 0 Å². The Bertz CT molecular complexity index is 1150. The van der Waals surface area contributed by atoms with Crippen LogP contribution in [0.25, 0.3) is 0 Å². The maximum atomic E-state index is 12.3. The molecule has 196 valence electrons. The van der Waals surface area contributed by atoms with Crippen molar-refractivity contribution in [3.05, 3.63) is 130 Å². The smallest absolute Gasteiger partial charge is 0.395 e. The third kappa shape index (κ3) is 8.62. The van der Waals surface area contributed by atoms with E-state index >= 15 is 0 Å². The second kappa shape index (κ2) is 14.2. The zero-order chi connectivity index (χ0) is 26.6. The third-order valence-electron chi connectivity index (χ3n) is 6.75. The fraction of sp³-hybridized carbons (Fsp3) is 0.286. The van der Waals surface area contributed by atoms with Gasteiger partial charge in [0.25, 0.3) is 0 Å². The molecule has 0 saturated carbocycles. The lowest BCUT2D eigenvalue weighted by Crippen LogP contribution is -2.13. The highest BCUT2D eigenvalue weighted by molar-refractivity contribution is 5.67. The summed E-state index contributed by atoms with van der Waals surface area (Å²) in [6.07, 6.45) is 8.09. The van der Waals surface area contributed by atoms with Gasteiger partial charge < -0.3 is 9.47 Å². The monoisotopic (exact) mass is 506 g/mol. The molecule has 4 rings (SSSR count). The maximum Gasteiger partial charge on any atom is 0.519 e. The molecule has 0 radical (unpaired) electrons. The van der Waals surface area contributed by atoms with Gasteiger partial charge in [-0.15, -0.1) is 0 Å². The van der Waals surface area contributed by atoms with Crippen molar-refractivity contribution >= 4 is 6.16 Å². The first kappa shape index (κ1) is 27.2. The van der Waals surface area contributed by atoms with Crippen LogP contribution >= 0.6 is 0 Å². The minimum absolute atomic E-state index is 0.465. The fourth-order valence-corrected chi connectivity index (χ4v) is 4.44. The molecule has 3 heteroatoms. The molecule has 0 aliphatic heterocycles. The Hall–Kier alpha value is -3.85. The lowest BCUT2D eigenvalue weighted by molar-refractivity contribution is 0.152. The van der Waals surface area contributed by atoms with Gasteiger partial charge in [0, 0.05) is 0 Å². The first-order valence-corrected chi connectivity index (χ1v) is 13.8. The molecule has 0 bridgehead atoms. The molecule has 0 spiro atoms. The molecule has 0 fully saturated rings. The second-order valence-electron chi connectivity index (χ2n) is 9.94. The van der Waals surface area contributed by atoms with Gasteiger partial charge in [0.15, 0.2) is 0 Å². The van der Waals surface area contributed by atoms with Crippen molar-refractivity contribution in [1.29, 1.82) is 0 Å². The van der Waals surface area contributed by atoms with Gasteiger partial charge in [-0.3, -0.25) is 0 Å². The van der Waals surface area contributed by atoms with Gasteiger partial charge in [-0.2, -0.15) is 0 Å². The summed E-state index contributed by atoms with van der Waals surface area (Å²) in [6.45, 7) is 4.43.